The quantitative estimate of drug-likeness (QED) is 0.532. The van der Waals surface area contributed by atoms with Crippen LogP contribution in [-0.4, -0.2) is 13.4 Å². The summed E-state index contributed by atoms with van der Waals surface area (Å²) in [6, 6.07) is 7.94. The van der Waals surface area contributed by atoms with Crippen LogP contribution in [0.2, 0.25) is 0 Å². The maximum Gasteiger partial charge on any atom is 0.120 e. The zero-order chi connectivity index (χ0) is 9.52. The number of carbonyl (C=O) groups is 1. The number of rotatable bonds is 5. The monoisotopic (exact) mass is 194 g/mol. The average molecular weight is 194 g/mol. The summed E-state index contributed by atoms with van der Waals surface area (Å²) in [4.78, 5) is 10.1. The molecule has 78 valence electrons. The molecule has 0 amide bonds. The summed E-state index contributed by atoms with van der Waals surface area (Å²) in [6.45, 7) is 0. The van der Waals surface area contributed by atoms with E-state index in [-0.39, 0.29) is 7.43 Å². The Morgan fingerprint density at radius 2 is 1.93 bits per heavy atom. The predicted molar refractivity (Wildman–Crippen MR) is 58.7 cm³/mol. The van der Waals surface area contributed by atoms with Crippen LogP contribution in [0.25, 0.3) is 0 Å². The fourth-order valence-corrected chi connectivity index (χ4v) is 1.18. The number of hydrogen-bond donors (Lipinski definition) is 0. The highest BCUT2D eigenvalue weighted by atomic mass is 16.5. The Hall–Kier alpha value is -1.31. The number of methoxy groups -OCH3 is 1. The van der Waals surface area contributed by atoms with Gasteiger partial charge < -0.3 is 9.53 Å². The molecule has 0 unspecified atom stereocenters. The van der Waals surface area contributed by atoms with E-state index in [4.69, 9.17) is 4.74 Å². The van der Waals surface area contributed by atoms with Gasteiger partial charge in [-0.05, 0) is 30.5 Å². The lowest BCUT2D eigenvalue weighted by molar-refractivity contribution is -0.107. The molecule has 0 saturated heterocycles. The number of hydrogen-bond acceptors (Lipinski definition) is 2. The molecule has 0 fully saturated rings. The summed E-state index contributed by atoms with van der Waals surface area (Å²) in [5.41, 5.74) is 1.25. The number of aryl methyl sites for hydroxylation is 1. The van der Waals surface area contributed by atoms with Gasteiger partial charge in [0.2, 0.25) is 0 Å². The second-order valence-electron chi connectivity index (χ2n) is 2.91. The van der Waals surface area contributed by atoms with Gasteiger partial charge in [0, 0.05) is 6.42 Å². The highest BCUT2D eigenvalue weighted by Gasteiger charge is 1.93. The van der Waals surface area contributed by atoms with Crippen molar-refractivity contribution in [3.63, 3.8) is 0 Å². The minimum atomic E-state index is 0. The minimum absolute atomic E-state index is 0. The average Bonchev–Trinajstić information content (AvgIpc) is 2.19. The molecule has 0 radical (unpaired) electrons. The zero-order valence-corrected chi connectivity index (χ0v) is 7.82. The first-order valence-electron chi connectivity index (χ1n) is 4.43. The molecule has 0 N–H and O–H groups in total. The molecule has 0 aliphatic heterocycles. The van der Waals surface area contributed by atoms with Crippen molar-refractivity contribution in [1.82, 2.24) is 0 Å². The zero-order valence-electron chi connectivity index (χ0n) is 7.82. The topological polar surface area (TPSA) is 26.3 Å². The summed E-state index contributed by atoms with van der Waals surface area (Å²) in [5.74, 6) is 0.874. The summed E-state index contributed by atoms with van der Waals surface area (Å²) >= 11 is 0. The predicted octanol–water partition coefficient (Wildman–Crippen LogP) is 2.85. The summed E-state index contributed by atoms with van der Waals surface area (Å²) in [6.07, 6.45) is 3.49. The first-order valence-corrected chi connectivity index (χ1v) is 4.43. The van der Waals surface area contributed by atoms with Gasteiger partial charge in [0.05, 0.1) is 7.11 Å². The first kappa shape index (κ1) is 12.7. The highest BCUT2D eigenvalue weighted by molar-refractivity contribution is 5.49. The summed E-state index contributed by atoms with van der Waals surface area (Å²) < 4.78 is 5.04. The Bertz CT molecular complexity index is 252. The Morgan fingerprint density at radius 1 is 1.29 bits per heavy atom. The lowest BCUT2D eigenvalue weighted by Crippen LogP contribution is -1.87. The molecule has 0 bridgehead atoms. The molecule has 0 aromatic heterocycles. The fourth-order valence-electron chi connectivity index (χ4n) is 1.18. The van der Waals surface area contributed by atoms with E-state index >= 15 is 0 Å². The van der Waals surface area contributed by atoms with Crippen LogP contribution in [0.5, 0.6) is 5.75 Å². The molecule has 2 nitrogen and oxygen atoms in total. The van der Waals surface area contributed by atoms with E-state index in [2.05, 4.69) is 0 Å². The van der Waals surface area contributed by atoms with Gasteiger partial charge in [0.25, 0.3) is 0 Å². The van der Waals surface area contributed by atoms with Crippen molar-refractivity contribution < 1.29 is 9.53 Å². The smallest absolute Gasteiger partial charge is 0.120 e. The van der Waals surface area contributed by atoms with E-state index in [1.54, 1.807) is 7.11 Å². The van der Waals surface area contributed by atoms with Crippen molar-refractivity contribution in [2.24, 2.45) is 0 Å². The van der Waals surface area contributed by atoms with Crippen LogP contribution in [0.15, 0.2) is 24.3 Å². The first-order chi connectivity index (χ1) is 6.36. The van der Waals surface area contributed by atoms with Crippen molar-refractivity contribution in [1.29, 1.82) is 0 Å². The molecule has 1 aromatic carbocycles. The number of aldehydes is 1. The Morgan fingerprint density at radius 3 is 2.43 bits per heavy atom. The third-order valence-electron chi connectivity index (χ3n) is 1.95. The normalized spacial score (nSPS) is 8.93. The van der Waals surface area contributed by atoms with Gasteiger partial charge in [-0.2, -0.15) is 0 Å². The van der Waals surface area contributed by atoms with Gasteiger partial charge in [-0.15, -0.1) is 0 Å². The highest BCUT2D eigenvalue weighted by Crippen LogP contribution is 2.12. The van der Waals surface area contributed by atoms with Crippen molar-refractivity contribution >= 4 is 6.29 Å². The van der Waals surface area contributed by atoms with Crippen LogP contribution in [0, 0.1) is 0 Å². The molecule has 0 atom stereocenters. The lowest BCUT2D eigenvalue weighted by atomic mass is 10.1. The van der Waals surface area contributed by atoms with E-state index in [0.29, 0.717) is 6.42 Å². The van der Waals surface area contributed by atoms with Crippen LogP contribution >= 0.6 is 0 Å². The molecular weight excluding hydrogens is 176 g/mol. The minimum Gasteiger partial charge on any atom is -0.497 e. The van der Waals surface area contributed by atoms with Gasteiger partial charge in [-0.3, -0.25) is 0 Å². The summed E-state index contributed by atoms with van der Waals surface area (Å²) in [7, 11) is 1.65. The standard InChI is InChI=1S/C11H14O2.CH4/c1-13-11-7-5-10(6-8-11)4-2-3-9-12;/h5-9H,2-4H2,1H3;1H4. The van der Waals surface area contributed by atoms with E-state index in [9.17, 15) is 4.79 Å². The van der Waals surface area contributed by atoms with Gasteiger partial charge >= 0.3 is 0 Å². The molecule has 2 heteroatoms. The molecule has 0 heterocycles. The van der Waals surface area contributed by atoms with E-state index in [1.165, 1.54) is 5.56 Å². The van der Waals surface area contributed by atoms with Crippen LogP contribution in [0.1, 0.15) is 25.8 Å². The number of benzene rings is 1. The molecule has 1 aromatic rings. The SMILES string of the molecule is C.COc1ccc(CCCC=O)cc1. The van der Waals surface area contributed by atoms with Crippen molar-refractivity contribution in [2.75, 3.05) is 7.11 Å². The maximum absolute atomic E-state index is 10.1. The lowest BCUT2D eigenvalue weighted by Gasteiger charge is -2.01. The Balaban J connectivity index is 0.00000169. The third-order valence-corrected chi connectivity index (χ3v) is 1.95. The maximum atomic E-state index is 10.1. The van der Waals surface area contributed by atoms with Crippen LogP contribution in [0.4, 0.5) is 0 Å². The number of ether oxygens (including phenoxy) is 1. The van der Waals surface area contributed by atoms with E-state index in [1.807, 2.05) is 24.3 Å². The van der Waals surface area contributed by atoms with Gasteiger partial charge in [0.1, 0.15) is 12.0 Å². The Kier molecular flexibility index (Phi) is 6.46. The van der Waals surface area contributed by atoms with Crippen LogP contribution in [0.3, 0.4) is 0 Å². The molecule has 0 saturated carbocycles. The summed E-state index contributed by atoms with van der Waals surface area (Å²) in [5, 5.41) is 0. The second-order valence-corrected chi connectivity index (χ2v) is 2.91. The van der Waals surface area contributed by atoms with Crippen LogP contribution < -0.4 is 4.74 Å². The van der Waals surface area contributed by atoms with E-state index in [0.717, 1.165) is 24.9 Å². The van der Waals surface area contributed by atoms with Crippen LogP contribution in [-0.2, 0) is 11.2 Å². The van der Waals surface area contributed by atoms with Crippen molar-refractivity contribution in [3.8, 4) is 5.75 Å². The van der Waals surface area contributed by atoms with Gasteiger partial charge in [0.15, 0.2) is 0 Å². The molecular formula is C12H18O2. The Labute approximate surface area is 85.9 Å². The van der Waals surface area contributed by atoms with Gasteiger partial charge in [-0.1, -0.05) is 19.6 Å². The largest absolute Gasteiger partial charge is 0.497 e. The molecule has 14 heavy (non-hydrogen) atoms. The van der Waals surface area contributed by atoms with Crippen molar-refractivity contribution in [2.45, 2.75) is 26.7 Å². The molecule has 0 aliphatic carbocycles. The van der Waals surface area contributed by atoms with E-state index < -0.39 is 0 Å². The van der Waals surface area contributed by atoms with Crippen molar-refractivity contribution in [3.05, 3.63) is 29.8 Å². The third kappa shape index (κ3) is 4.08. The fraction of sp³-hybridized carbons (Fsp3) is 0.417. The molecule has 1 rings (SSSR count). The second kappa shape index (κ2) is 7.13. The number of carbonyl (C=O) groups excluding carboxylic acids is 1. The molecule has 0 aliphatic rings. The van der Waals surface area contributed by atoms with Gasteiger partial charge in [-0.25, -0.2) is 0 Å². The number of unbranched alkanes of at least 4 members (excludes halogenated alkanes) is 1. The molecule has 0 spiro atoms.